The molecule has 1 rings (SSSR count). The second-order valence-corrected chi connectivity index (χ2v) is 7.17. The molecule has 0 unspecified atom stereocenters. The topological polar surface area (TPSA) is 82.6 Å². The summed E-state index contributed by atoms with van der Waals surface area (Å²) < 4.78 is 25.0. The lowest BCUT2D eigenvalue weighted by molar-refractivity contribution is 0.579. The summed E-state index contributed by atoms with van der Waals surface area (Å²) in [5.41, 5.74) is 1.06. The van der Waals surface area contributed by atoms with Crippen LogP contribution in [0, 0.1) is 0 Å². The molecule has 0 amide bonds. The maximum absolute atomic E-state index is 11.3. The minimum absolute atomic E-state index is 0.100. The van der Waals surface area contributed by atoms with Gasteiger partial charge in [-0.2, -0.15) is 0 Å². The van der Waals surface area contributed by atoms with Crippen LogP contribution in [0.2, 0.25) is 5.02 Å². The Hall–Kier alpha value is -1.31. The van der Waals surface area contributed by atoms with Crippen LogP contribution in [0.5, 0.6) is 0 Å². The third kappa shape index (κ3) is 7.63. The van der Waals surface area contributed by atoms with E-state index in [4.69, 9.17) is 11.6 Å². The zero-order valence-corrected chi connectivity index (χ0v) is 14.5. The summed E-state index contributed by atoms with van der Waals surface area (Å²) in [6, 6.07) is 7.60. The lowest BCUT2D eigenvalue weighted by Crippen LogP contribution is -2.38. The molecule has 0 aliphatic heterocycles. The van der Waals surface area contributed by atoms with Gasteiger partial charge in [0, 0.05) is 31.7 Å². The van der Waals surface area contributed by atoms with Crippen LogP contribution in [0.1, 0.15) is 18.9 Å². The Labute approximate surface area is 137 Å². The van der Waals surface area contributed by atoms with E-state index in [-0.39, 0.29) is 5.75 Å². The van der Waals surface area contributed by atoms with Gasteiger partial charge < -0.3 is 10.6 Å². The second-order valence-electron chi connectivity index (χ2n) is 4.63. The van der Waals surface area contributed by atoms with E-state index >= 15 is 0 Å². The predicted molar refractivity (Wildman–Crippen MR) is 91.7 cm³/mol. The fraction of sp³-hybridized carbons (Fsp3) is 0.500. The van der Waals surface area contributed by atoms with Gasteiger partial charge in [0.25, 0.3) is 0 Å². The van der Waals surface area contributed by atoms with Crippen LogP contribution >= 0.6 is 11.6 Å². The summed E-state index contributed by atoms with van der Waals surface area (Å²) in [7, 11) is -1.42. The van der Waals surface area contributed by atoms with Gasteiger partial charge in [0.05, 0.1) is 5.75 Å². The highest BCUT2D eigenvalue weighted by Crippen LogP contribution is 2.10. The molecule has 124 valence electrons. The largest absolute Gasteiger partial charge is 0.356 e. The van der Waals surface area contributed by atoms with Gasteiger partial charge in [0.2, 0.25) is 10.0 Å². The fourth-order valence-corrected chi connectivity index (χ4v) is 2.55. The van der Waals surface area contributed by atoms with Gasteiger partial charge in [-0.3, -0.25) is 4.99 Å². The van der Waals surface area contributed by atoms with Crippen LogP contribution in [-0.4, -0.2) is 40.3 Å². The Balaban J connectivity index is 2.26. The third-order valence-electron chi connectivity index (χ3n) is 2.92. The van der Waals surface area contributed by atoms with E-state index in [0.717, 1.165) is 5.56 Å². The van der Waals surface area contributed by atoms with Gasteiger partial charge in [0.15, 0.2) is 5.96 Å². The van der Waals surface area contributed by atoms with Gasteiger partial charge >= 0.3 is 0 Å². The maximum atomic E-state index is 11.3. The van der Waals surface area contributed by atoms with Crippen LogP contribution in [0.3, 0.4) is 0 Å². The Kier molecular flexibility index (Phi) is 8.22. The molecule has 0 atom stereocenters. The van der Waals surface area contributed by atoms with Crippen molar-refractivity contribution >= 4 is 27.6 Å². The van der Waals surface area contributed by atoms with E-state index in [9.17, 15) is 8.42 Å². The van der Waals surface area contributed by atoms with Crippen molar-refractivity contribution in [3.05, 3.63) is 34.9 Å². The van der Waals surface area contributed by atoms with Crippen LogP contribution in [-0.2, 0) is 16.6 Å². The van der Waals surface area contributed by atoms with Gasteiger partial charge in [-0.1, -0.05) is 23.7 Å². The average Bonchev–Trinajstić information content (AvgIpc) is 2.50. The molecule has 1 aromatic rings. The minimum Gasteiger partial charge on any atom is -0.356 e. The number of rotatable bonds is 8. The summed E-state index contributed by atoms with van der Waals surface area (Å²) in [4.78, 5) is 4.11. The average molecular weight is 347 g/mol. The molecule has 0 aliphatic rings. The molecule has 0 saturated heterocycles. The summed E-state index contributed by atoms with van der Waals surface area (Å²) in [5, 5.41) is 7.00. The molecule has 6 nitrogen and oxygen atoms in total. The monoisotopic (exact) mass is 346 g/mol. The van der Waals surface area contributed by atoms with Crippen molar-refractivity contribution in [2.24, 2.45) is 4.99 Å². The van der Waals surface area contributed by atoms with E-state index in [2.05, 4.69) is 20.3 Å². The fourth-order valence-electron chi connectivity index (χ4n) is 1.68. The van der Waals surface area contributed by atoms with Crippen LogP contribution in [0.4, 0.5) is 0 Å². The first kappa shape index (κ1) is 18.7. The van der Waals surface area contributed by atoms with Crippen LogP contribution < -0.4 is 15.4 Å². The Bertz CT molecular complexity index is 590. The molecule has 0 fully saturated rings. The first-order valence-corrected chi connectivity index (χ1v) is 9.16. The van der Waals surface area contributed by atoms with E-state index in [1.807, 2.05) is 24.3 Å². The lowest BCUT2D eigenvalue weighted by Gasteiger charge is -2.12. The van der Waals surface area contributed by atoms with Crippen LogP contribution in [0.25, 0.3) is 0 Å². The molecule has 0 bridgehead atoms. The number of sulfonamides is 1. The predicted octanol–water partition coefficient (Wildman–Crippen LogP) is 1.33. The molecule has 0 spiro atoms. The highest BCUT2D eigenvalue weighted by molar-refractivity contribution is 7.89. The summed E-state index contributed by atoms with van der Waals surface area (Å²) >= 11 is 5.93. The third-order valence-corrected chi connectivity index (χ3v) is 4.56. The minimum atomic E-state index is -3.11. The van der Waals surface area contributed by atoms with E-state index in [1.165, 1.54) is 0 Å². The van der Waals surface area contributed by atoms with E-state index < -0.39 is 10.0 Å². The van der Waals surface area contributed by atoms with Crippen molar-refractivity contribution in [3.8, 4) is 0 Å². The Morgan fingerprint density at radius 1 is 1.27 bits per heavy atom. The number of aliphatic imine (C=N–C) groups is 1. The number of nitrogens with one attached hydrogen (secondary N) is 3. The van der Waals surface area contributed by atoms with Gasteiger partial charge in [-0.05, 0) is 31.0 Å². The standard InChI is InChI=1S/C14H23ClN4O2S/c1-3-22(20,21)19-9-5-8-17-14(16-2)18-11-12-6-4-7-13(15)10-12/h4,6-7,10,19H,3,5,8-9,11H2,1-2H3,(H2,16,17,18). The molecule has 8 heteroatoms. The SMILES string of the molecule is CCS(=O)(=O)NCCCNC(=NC)NCc1cccc(Cl)c1. The molecular weight excluding hydrogens is 324 g/mol. The number of nitrogens with zero attached hydrogens (tertiary/aromatic N) is 1. The maximum Gasteiger partial charge on any atom is 0.211 e. The van der Waals surface area contributed by atoms with Crippen molar-refractivity contribution in [2.45, 2.75) is 19.9 Å². The quantitative estimate of drug-likeness (QED) is 0.377. The molecule has 0 saturated carbocycles. The van der Waals surface area contributed by atoms with E-state index in [1.54, 1.807) is 14.0 Å². The Morgan fingerprint density at radius 3 is 2.68 bits per heavy atom. The zero-order chi connectivity index (χ0) is 16.4. The van der Waals surface area contributed by atoms with Gasteiger partial charge in [-0.15, -0.1) is 0 Å². The molecule has 0 radical (unpaired) electrons. The highest BCUT2D eigenvalue weighted by atomic mass is 35.5. The van der Waals surface area contributed by atoms with E-state index in [0.29, 0.717) is 37.0 Å². The molecule has 0 aromatic heterocycles. The number of hydrogen-bond acceptors (Lipinski definition) is 3. The normalized spacial score (nSPS) is 12.2. The lowest BCUT2D eigenvalue weighted by atomic mass is 10.2. The van der Waals surface area contributed by atoms with Gasteiger partial charge in [0.1, 0.15) is 0 Å². The first-order chi connectivity index (χ1) is 10.5. The molecule has 1 aromatic carbocycles. The number of guanidine groups is 1. The van der Waals surface area contributed by atoms with Crippen molar-refractivity contribution in [1.82, 2.24) is 15.4 Å². The summed E-state index contributed by atoms with van der Waals surface area (Å²) in [5.74, 6) is 0.766. The number of halogens is 1. The molecule has 3 N–H and O–H groups in total. The molecule has 0 heterocycles. The Morgan fingerprint density at radius 2 is 2.05 bits per heavy atom. The molecular formula is C14H23ClN4O2S. The molecule has 22 heavy (non-hydrogen) atoms. The van der Waals surface area contributed by atoms with Crippen molar-refractivity contribution < 1.29 is 8.42 Å². The van der Waals surface area contributed by atoms with Crippen molar-refractivity contribution in [1.29, 1.82) is 0 Å². The number of hydrogen-bond donors (Lipinski definition) is 3. The summed E-state index contributed by atoms with van der Waals surface area (Å²) in [6.07, 6.45) is 0.678. The first-order valence-electron chi connectivity index (χ1n) is 7.13. The molecule has 0 aliphatic carbocycles. The van der Waals surface area contributed by atoms with Gasteiger partial charge in [-0.25, -0.2) is 13.1 Å². The zero-order valence-electron chi connectivity index (χ0n) is 12.9. The highest BCUT2D eigenvalue weighted by Gasteiger charge is 2.04. The summed E-state index contributed by atoms with van der Waals surface area (Å²) in [6.45, 7) is 3.26. The smallest absolute Gasteiger partial charge is 0.211 e. The second kappa shape index (κ2) is 9.66. The van der Waals surface area contributed by atoms with Crippen molar-refractivity contribution in [3.63, 3.8) is 0 Å². The van der Waals surface area contributed by atoms with Crippen LogP contribution in [0.15, 0.2) is 29.3 Å². The van der Waals surface area contributed by atoms with Crippen molar-refractivity contribution in [2.75, 3.05) is 25.9 Å². The number of benzene rings is 1.